The fourth-order valence-corrected chi connectivity index (χ4v) is 4.90. The molecule has 0 saturated carbocycles. The lowest BCUT2D eigenvalue weighted by atomic mass is 10.1. The number of aryl methyl sites for hydroxylation is 1. The van der Waals surface area contributed by atoms with Gasteiger partial charge in [0, 0.05) is 83.3 Å². The van der Waals surface area contributed by atoms with Crippen molar-refractivity contribution in [2.45, 2.75) is 13.0 Å². The number of likely N-dealkylation sites (N-methyl/N-ethyl adjacent to an activating group) is 1. The van der Waals surface area contributed by atoms with Gasteiger partial charge in [-0.05, 0) is 17.2 Å². The standard InChI is InChI=1S/C30H33N9O2/c1-36-11-12-38(9-8-30(36)40)13-14-41-25-7-10-39-27(19-32-29(39)15-25)26-16-28(34-21-33-26)31-17-22-3-5-23(6-4-22)24-18-35-37(2)20-24/h3-7,10,15-16,18-21H,8-9,11-14,17H2,1-2H3,(H,31,33,34). The number of ether oxygens (including phenoxy) is 1. The highest BCUT2D eigenvalue weighted by atomic mass is 16.5. The normalized spacial score (nSPS) is 14.4. The summed E-state index contributed by atoms with van der Waals surface area (Å²) in [6.45, 7) is 4.35. The average molecular weight is 552 g/mol. The second-order valence-corrected chi connectivity index (χ2v) is 10.2. The van der Waals surface area contributed by atoms with Gasteiger partial charge in [-0.3, -0.25) is 18.8 Å². The number of imidazole rings is 1. The van der Waals surface area contributed by atoms with Gasteiger partial charge < -0.3 is 15.0 Å². The molecule has 1 aliphatic heterocycles. The van der Waals surface area contributed by atoms with Gasteiger partial charge in [0.1, 0.15) is 30.1 Å². The topological polar surface area (TPSA) is 106 Å². The predicted octanol–water partition coefficient (Wildman–Crippen LogP) is 3.35. The van der Waals surface area contributed by atoms with E-state index in [0.717, 1.165) is 71.5 Å². The summed E-state index contributed by atoms with van der Waals surface area (Å²) in [6, 6.07) is 14.2. The number of hydrogen-bond donors (Lipinski definition) is 1. The molecule has 1 saturated heterocycles. The zero-order chi connectivity index (χ0) is 28.2. The number of amides is 1. The zero-order valence-corrected chi connectivity index (χ0v) is 23.3. The van der Waals surface area contributed by atoms with Crippen LogP contribution in [0.5, 0.6) is 5.75 Å². The third kappa shape index (κ3) is 6.20. The van der Waals surface area contributed by atoms with E-state index in [1.54, 1.807) is 15.9 Å². The number of fused-ring (bicyclic) bond motifs is 1. The largest absolute Gasteiger partial charge is 0.492 e. The monoisotopic (exact) mass is 551 g/mol. The van der Waals surface area contributed by atoms with Crippen molar-refractivity contribution in [1.29, 1.82) is 0 Å². The number of carbonyl (C=O) groups is 1. The summed E-state index contributed by atoms with van der Waals surface area (Å²) >= 11 is 0. The van der Waals surface area contributed by atoms with E-state index < -0.39 is 0 Å². The smallest absolute Gasteiger partial charge is 0.223 e. The average Bonchev–Trinajstić information content (AvgIpc) is 3.59. The van der Waals surface area contributed by atoms with Crippen LogP contribution in [0.2, 0.25) is 0 Å². The van der Waals surface area contributed by atoms with Crippen molar-refractivity contribution >= 4 is 17.4 Å². The van der Waals surface area contributed by atoms with E-state index in [0.29, 0.717) is 19.6 Å². The van der Waals surface area contributed by atoms with Crippen molar-refractivity contribution in [3.63, 3.8) is 0 Å². The first kappa shape index (κ1) is 26.5. The Morgan fingerprint density at radius 3 is 2.66 bits per heavy atom. The molecule has 1 fully saturated rings. The minimum atomic E-state index is 0.201. The van der Waals surface area contributed by atoms with Gasteiger partial charge in [-0.15, -0.1) is 0 Å². The van der Waals surface area contributed by atoms with Crippen LogP contribution in [0.25, 0.3) is 28.2 Å². The molecule has 0 spiro atoms. The lowest BCUT2D eigenvalue weighted by Crippen LogP contribution is -2.32. The van der Waals surface area contributed by atoms with Crippen molar-refractivity contribution in [1.82, 2.24) is 38.9 Å². The second-order valence-electron chi connectivity index (χ2n) is 10.2. The summed E-state index contributed by atoms with van der Waals surface area (Å²) in [5, 5.41) is 7.64. The number of nitrogens with one attached hydrogen (secondary N) is 1. The van der Waals surface area contributed by atoms with Crippen molar-refractivity contribution in [3.8, 4) is 28.3 Å². The zero-order valence-electron chi connectivity index (χ0n) is 23.3. The van der Waals surface area contributed by atoms with E-state index in [1.807, 2.05) is 61.5 Å². The molecular weight excluding hydrogens is 518 g/mol. The molecule has 0 unspecified atom stereocenters. The van der Waals surface area contributed by atoms with Crippen LogP contribution in [0.15, 0.2) is 73.6 Å². The first-order valence-electron chi connectivity index (χ1n) is 13.7. The first-order valence-corrected chi connectivity index (χ1v) is 13.7. The number of aromatic nitrogens is 6. The maximum absolute atomic E-state index is 11.9. The lowest BCUT2D eigenvalue weighted by Gasteiger charge is -2.19. The third-order valence-corrected chi connectivity index (χ3v) is 7.38. The first-order chi connectivity index (χ1) is 20.0. The number of benzene rings is 1. The summed E-state index contributed by atoms with van der Waals surface area (Å²) in [7, 11) is 3.78. The van der Waals surface area contributed by atoms with Gasteiger partial charge in [0.25, 0.3) is 0 Å². The van der Waals surface area contributed by atoms with Crippen molar-refractivity contribution < 1.29 is 9.53 Å². The molecule has 0 bridgehead atoms. The molecule has 0 atom stereocenters. The number of pyridine rings is 1. The summed E-state index contributed by atoms with van der Waals surface area (Å²) in [5.41, 5.74) is 5.81. The number of anilines is 1. The summed E-state index contributed by atoms with van der Waals surface area (Å²) in [4.78, 5) is 29.4. The molecule has 4 aromatic heterocycles. The van der Waals surface area contributed by atoms with E-state index in [2.05, 4.69) is 54.5 Å². The molecule has 11 nitrogen and oxygen atoms in total. The number of rotatable bonds is 9. The Labute approximate surface area is 238 Å². The quantitative estimate of drug-likeness (QED) is 0.297. The Balaban J connectivity index is 1.06. The van der Waals surface area contributed by atoms with E-state index in [1.165, 1.54) is 0 Å². The Morgan fingerprint density at radius 2 is 1.83 bits per heavy atom. The predicted molar refractivity (Wildman–Crippen MR) is 156 cm³/mol. The highest BCUT2D eigenvalue weighted by Crippen LogP contribution is 2.24. The van der Waals surface area contributed by atoms with Crippen molar-refractivity contribution in [3.05, 3.63) is 79.1 Å². The van der Waals surface area contributed by atoms with Crippen LogP contribution in [-0.4, -0.2) is 84.7 Å². The van der Waals surface area contributed by atoms with Crippen LogP contribution < -0.4 is 10.1 Å². The summed E-state index contributed by atoms with van der Waals surface area (Å²) in [6.07, 6.45) is 9.75. The van der Waals surface area contributed by atoms with E-state index in [4.69, 9.17) is 4.74 Å². The Morgan fingerprint density at radius 1 is 0.951 bits per heavy atom. The molecule has 11 heteroatoms. The second kappa shape index (κ2) is 11.8. The minimum absolute atomic E-state index is 0.201. The van der Waals surface area contributed by atoms with Gasteiger partial charge in [-0.25, -0.2) is 15.0 Å². The van der Waals surface area contributed by atoms with E-state index in [-0.39, 0.29) is 5.91 Å². The Bertz CT molecular complexity index is 1640. The van der Waals surface area contributed by atoms with E-state index >= 15 is 0 Å². The van der Waals surface area contributed by atoms with Crippen LogP contribution >= 0.6 is 0 Å². The van der Waals surface area contributed by atoms with Crippen molar-refractivity contribution in [2.75, 3.05) is 45.2 Å². The molecule has 41 heavy (non-hydrogen) atoms. The lowest BCUT2D eigenvalue weighted by molar-refractivity contribution is -0.129. The molecule has 1 amide bonds. The maximum atomic E-state index is 11.9. The molecule has 6 rings (SSSR count). The summed E-state index contributed by atoms with van der Waals surface area (Å²) < 4.78 is 9.81. The molecule has 1 N–H and O–H groups in total. The van der Waals surface area contributed by atoms with Crippen LogP contribution in [0.1, 0.15) is 12.0 Å². The fraction of sp³-hybridized carbons (Fsp3) is 0.300. The minimum Gasteiger partial charge on any atom is -0.492 e. The third-order valence-electron chi connectivity index (χ3n) is 7.38. The molecule has 210 valence electrons. The Hall–Kier alpha value is -4.77. The van der Waals surface area contributed by atoms with Gasteiger partial charge in [-0.2, -0.15) is 5.10 Å². The van der Waals surface area contributed by atoms with Gasteiger partial charge >= 0.3 is 0 Å². The molecule has 1 aromatic carbocycles. The fourth-order valence-electron chi connectivity index (χ4n) is 4.90. The molecule has 0 radical (unpaired) electrons. The van der Waals surface area contributed by atoms with Crippen molar-refractivity contribution in [2.24, 2.45) is 7.05 Å². The van der Waals surface area contributed by atoms with Gasteiger partial charge in [-0.1, -0.05) is 24.3 Å². The molecule has 1 aliphatic rings. The van der Waals surface area contributed by atoms with Gasteiger partial charge in [0.15, 0.2) is 0 Å². The molecule has 5 aromatic rings. The van der Waals surface area contributed by atoms with Crippen LogP contribution in [0.3, 0.4) is 0 Å². The van der Waals surface area contributed by atoms with Crippen LogP contribution in [-0.2, 0) is 18.4 Å². The SMILES string of the molecule is CN1CCN(CCOc2ccn3c(-c4cc(NCc5ccc(-c6cnn(C)c6)cc5)ncn4)cnc3c2)CCC1=O. The van der Waals surface area contributed by atoms with E-state index in [9.17, 15) is 4.79 Å². The number of nitrogens with zero attached hydrogens (tertiary/aromatic N) is 8. The maximum Gasteiger partial charge on any atom is 0.223 e. The number of carbonyl (C=O) groups excluding carboxylic acids is 1. The highest BCUT2D eigenvalue weighted by molar-refractivity contribution is 5.76. The Kier molecular flexibility index (Phi) is 7.59. The molecular formula is C30H33N9O2. The molecule has 0 aliphatic carbocycles. The van der Waals surface area contributed by atoms with Crippen LogP contribution in [0.4, 0.5) is 5.82 Å². The molecule has 5 heterocycles. The summed E-state index contributed by atoms with van der Waals surface area (Å²) in [5.74, 6) is 1.70. The number of hydrogen-bond acceptors (Lipinski definition) is 8. The van der Waals surface area contributed by atoms with Gasteiger partial charge in [0.2, 0.25) is 5.91 Å². The van der Waals surface area contributed by atoms with Gasteiger partial charge in [0.05, 0.1) is 23.8 Å². The van der Waals surface area contributed by atoms with Crippen LogP contribution in [0, 0.1) is 0 Å². The highest BCUT2D eigenvalue weighted by Gasteiger charge is 2.17.